The summed E-state index contributed by atoms with van der Waals surface area (Å²) in [5.41, 5.74) is 11.5. The molecule has 0 fully saturated rings. The topological polar surface area (TPSA) is 283 Å². The lowest BCUT2D eigenvalue weighted by molar-refractivity contribution is -0.161. The van der Waals surface area contributed by atoms with Gasteiger partial charge in [-0.2, -0.15) is 4.98 Å². The number of carbonyl (C=O) groups excluding carboxylic acids is 3. The Labute approximate surface area is 230 Å². The minimum Gasteiger partial charge on any atom is -0.481 e. The van der Waals surface area contributed by atoms with Crippen molar-refractivity contribution in [3.63, 3.8) is 0 Å². The van der Waals surface area contributed by atoms with E-state index in [0.29, 0.717) is 11.4 Å². The van der Waals surface area contributed by atoms with Gasteiger partial charge in [-0.05, 0) is 37.1 Å². The van der Waals surface area contributed by atoms with Gasteiger partial charge in [0.1, 0.15) is 12.1 Å². The van der Waals surface area contributed by atoms with Crippen LogP contribution in [0.15, 0.2) is 35.3 Å². The van der Waals surface area contributed by atoms with Gasteiger partial charge in [0.2, 0.25) is 5.95 Å². The third-order valence-electron chi connectivity index (χ3n) is 5.53. The normalized spacial score (nSPS) is 12.2. The van der Waals surface area contributed by atoms with Gasteiger partial charge in [0, 0.05) is 24.1 Å². The number of fused-ring (bicyclic) bond motifs is 1. The average Bonchev–Trinajstić information content (AvgIpc) is 2.92. The summed E-state index contributed by atoms with van der Waals surface area (Å²) in [5, 5.41) is 23.1. The number of aliphatic carboxylic acids is 2. The molecule has 0 aliphatic carbocycles. The van der Waals surface area contributed by atoms with Crippen LogP contribution in [0, 0.1) is 0 Å². The van der Waals surface area contributed by atoms with E-state index in [9.17, 15) is 28.8 Å². The summed E-state index contributed by atoms with van der Waals surface area (Å²) in [5.74, 6) is -5.66. The fourth-order valence-electron chi connectivity index (χ4n) is 3.38. The van der Waals surface area contributed by atoms with Crippen LogP contribution in [0.2, 0.25) is 0 Å². The number of nitrogens with one attached hydrogen (secondary N) is 3. The molecule has 3 rings (SSSR count). The van der Waals surface area contributed by atoms with Crippen LogP contribution in [0.5, 0.6) is 0 Å². The Kier molecular flexibility index (Phi) is 9.96. The number of nitrogen functional groups attached to an aromatic ring is 1. The van der Waals surface area contributed by atoms with Crippen LogP contribution >= 0.6 is 0 Å². The van der Waals surface area contributed by atoms with Crippen molar-refractivity contribution in [3.8, 4) is 0 Å². The van der Waals surface area contributed by atoms with Gasteiger partial charge in [0.05, 0.1) is 18.4 Å². The summed E-state index contributed by atoms with van der Waals surface area (Å²) in [6.45, 7) is 0.173. The number of ether oxygens (including phenoxy) is 1. The molecule has 216 valence electrons. The lowest BCUT2D eigenvalue weighted by Crippen LogP contribution is -2.43. The van der Waals surface area contributed by atoms with Crippen molar-refractivity contribution in [1.82, 2.24) is 25.3 Å². The highest BCUT2D eigenvalue weighted by molar-refractivity contribution is 5.98. The number of carboxylic acids is 2. The predicted molar refractivity (Wildman–Crippen MR) is 140 cm³/mol. The molecule has 3 aromatic rings. The smallest absolute Gasteiger partial charge is 0.336 e. The number of esters is 2. The molecule has 1 amide bonds. The van der Waals surface area contributed by atoms with E-state index in [1.165, 1.54) is 18.3 Å². The van der Waals surface area contributed by atoms with Crippen molar-refractivity contribution in [1.29, 1.82) is 0 Å². The molecule has 0 spiro atoms. The minimum absolute atomic E-state index is 0.0204. The second kappa shape index (κ2) is 13.6. The summed E-state index contributed by atoms with van der Waals surface area (Å²) >= 11 is 0. The number of amides is 1. The van der Waals surface area contributed by atoms with Gasteiger partial charge in [-0.15, -0.1) is 0 Å². The zero-order valence-electron chi connectivity index (χ0n) is 21.3. The molecule has 0 unspecified atom stereocenters. The molecular formula is C24H26N8O9. The summed E-state index contributed by atoms with van der Waals surface area (Å²) in [4.78, 5) is 85.4. The van der Waals surface area contributed by atoms with Crippen LogP contribution in [0.3, 0.4) is 0 Å². The number of aromatic nitrogens is 4. The Morgan fingerprint density at radius 3 is 2.39 bits per heavy atom. The number of hydrogen-bond acceptors (Lipinski definition) is 13. The van der Waals surface area contributed by atoms with Gasteiger partial charge in [0.25, 0.3) is 11.5 Å². The number of benzene rings is 1. The van der Waals surface area contributed by atoms with Crippen molar-refractivity contribution in [2.75, 3.05) is 11.1 Å². The number of anilines is 2. The minimum atomic E-state index is -1.46. The van der Waals surface area contributed by atoms with Gasteiger partial charge in [-0.25, -0.2) is 14.8 Å². The van der Waals surface area contributed by atoms with Crippen LogP contribution in [-0.2, 0) is 30.5 Å². The second-order valence-electron chi connectivity index (χ2n) is 8.65. The molecule has 2 atom stereocenters. The van der Waals surface area contributed by atoms with E-state index >= 15 is 0 Å². The van der Waals surface area contributed by atoms with Crippen LogP contribution in [0.4, 0.5) is 11.6 Å². The molecule has 17 heteroatoms. The van der Waals surface area contributed by atoms with Crippen molar-refractivity contribution >= 4 is 52.6 Å². The highest BCUT2D eigenvalue weighted by Crippen LogP contribution is 2.13. The first kappa shape index (κ1) is 30.1. The molecule has 2 heterocycles. The van der Waals surface area contributed by atoms with E-state index in [-0.39, 0.29) is 42.1 Å². The summed E-state index contributed by atoms with van der Waals surface area (Å²) < 4.78 is 4.66. The number of nitrogens with zero attached hydrogens (tertiary/aromatic N) is 3. The number of H-pyrrole nitrogens is 1. The molecule has 9 N–H and O–H groups in total. The van der Waals surface area contributed by atoms with Gasteiger partial charge < -0.3 is 37.1 Å². The average molecular weight is 571 g/mol. The summed E-state index contributed by atoms with van der Waals surface area (Å²) in [7, 11) is 0. The lowest BCUT2D eigenvalue weighted by Gasteiger charge is -2.17. The number of carboxylic acid groups (broad SMARTS) is 2. The van der Waals surface area contributed by atoms with E-state index in [1.807, 2.05) is 0 Å². The Bertz CT molecular complexity index is 1520. The number of carbonyl (C=O) groups is 5. The molecule has 0 radical (unpaired) electrons. The second-order valence-corrected chi connectivity index (χ2v) is 8.65. The van der Waals surface area contributed by atoms with Gasteiger partial charge in [-0.1, -0.05) is 0 Å². The zero-order chi connectivity index (χ0) is 30.1. The molecular weight excluding hydrogens is 544 g/mol. The van der Waals surface area contributed by atoms with Gasteiger partial charge in [-0.3, -0.25) is 29.0 Å². The Balaban J connectivity index is 1.60. The molecule has 17 nitrogen and oxygen atoms in total. The number of aromatic amines is 1. The molecule has 2 aromatic heterocycles. The third kappa shape index (κ3) is 8.79. The van der Waals surface area contributed by atoms with E-state index < -0.39 is 60.3 Å². The predicted octanol–water partition coefficient (Wildman–Crippen LogP) is -0.867. The first-order valence-corrected chi connectivity index (χ1v) is 12.0. The van der Waals surface area contributed by atoms with Crippen LogP contribution in [0.1, 0.15) is 41.7 Å². The maximum atomic E-state index is 12.7. The molecule has 0 saturated carbocycles. The Morgan fingerprint density at radius 2 is 1.73 bits per heavy atom. The van der Waals surface area contributed by atoms with E-state index in [4.69, 9.17) is 21.7 Å². The van der Waals surface area contributed by atoms with Crippen LogP contribution in [-0.4, -0.2) is 72.0 Å². The SMILES string of the molecule is Nc1nc2ncc(CNc3ccc(C(=O)N[C@@H](CCC(=O)O)C(=O)OC(=O)CC[C@H](N)C(=O)O)cc3)nc2c(=O)[nH]1. The molecule has 0 aliphatic rings. The highest BCUT2D eigenvalue weighted by atomic mass is 16.6. The van der Waals surface area contributed by atoms with Gasteiger partial charge in [0.15, 0.2) is 11.2 Å². The molecule has 0 aliphatic heterocycles. The first-order chi connectivity index (χ1) is 19.4. The molecule has 1 aromatic carbocycles. The van der Waals surface area contributed by atoms with Gasteiger partial charge >= 0.3 is 23.9 Å². The molecule has 41 heavy (non-hydrogen) atoms. The summed E-state index contributed by atoms with van der Waals surface area (Å²) in [6.07, 6.45) is -0.204. The zero-order valence-corrected chi connectivity index (χ0v) is 21.3. The quantitative estimate of drug-likeness (QED) is 0.0971. The van der Waals surface area contributed by atoms with Crippen molar-refractivity contribution < 1.29 is 38.9 Å². The fourth-order valence-corrected chi connectivity index (χ4v) is 3.38. The van der Waals surface area contributed by atoms with E-state index in [2.05, 4.69) is 35.3 Å². The number of nitrogens with two attached hydrogens (primary N) is 2. The van der Waals surface area contributed by atoms with Crippen molar-refractivity contribution in [3.05, 3.63) is 52.1 Å². The fraction of sp³-hybridized carbons (Fsp3) is 0.292. The standard InChI is InChI=1S/C24H26N8O9/c25-14(22(38)39)5-8-17(35)41-23(40)15(6-7-16(33)34)30-20(36)11-1-3-12(4-2-11)27-9-13-10-28-19-18(29-13)21(37)32-24(26)31-19/h1-4,10,14-15,27H,5-9,25H2,(H,30,36)(H,33,34)(H,38,39)(H3,26,28,31,32,37)/t14-,15-/m0/s1. The Morgan fingerprint density at radius 1 is 1.02 bits per heavy atom. The van der Waals surface area contributed by atoms with E-state index in [0.717, 1.165) is 0 Å². The summed E-state index contributed by atoms with van der Waals surface area (Å²) in [6, 6.07) is 3.17. The largest absolute Gasteiger partial charge is 0.481 e. The molecule has 0 saturated heterocycles. The van der Waals surface area contributed by atoms with Crippen LogP contribution < -0.4 is 27.7 Å². The lowest BCUT2D eigenvalue weighted by atomic mass is 10.1. The van der Waals surface area contributed by atoms with Crippen molar-refractivity contribution in [2.45, 2.75) is 44.3 Å². The number of rotatable bonds is 13. The van der Waals surface area contributed by atoms with E-state index in [1.54, 1.807) is 12.1 Å². The number of hydrogen-bond donors (Lipinski definition) is 7. The Hall–Kier alpha value is -5.45. The van der Waals surface area contributed by atoms with Crippen LogP contribution in [0.25, 0.3) is 11.2 Å². The highest BCUT2D eigenvalue weighted by Gasteiger charge is 2.26. The maximum absolute atomic E-state index is 12.7. The third-order valence-corrected chi connectivity index (χ3v) is 5.53. The monoisotopic (exact) mass is 570 g/mol. The maximum Gasteiger partial charge on any atom is 0.336 e. The first-order valence-electron chi connectivity index (χ1n) is 12.0. The molecule has 0 bridgehead atoms. The van der Waals surface area contributed by atoms with Crippen molar-refractivity contribution in [2.24, 2.45) is 5.73 Å².